The van der Waals surface area contributed by atoms with Gasteiger partial charge in [-0.2, -0.15) is 0 Å². The van der Waals surface area contributed by atoms with E-state index in [0.717, 1.165) is 17.5 Å². The first-order chi connectivity index (χ1) is 9.54. The van der Waals surface area contributed by atoms with Crippen LogP contribution in [0.15, 0.2) is 48.5 Å². The Hall–Kier alpha value is -1.74. The maximum atomic E-state index is 13.1. The van der Waals surface area contributed by atoms with Crippen molar-refractivity contribution in [2.24, 2.45) is 0 Å². The summed E-state index contributed by atoms with van der Waals surface area (Å²) in [7, 11) is 4.08. The van der Waals surface area contributed by atoms with Crippen LogP contribution in [0.3, 0.4) is 0 Å². The minimum atomic E-state index is -0.231. The molecule has 0 heterocycles. The van der Waals surface area contributed by atoms with Crippen LogP contribution in [0, 0.1) is 11.6 Å². The molecule has 3 rings (SSSR count). The van der Waals surface area contributed by atoms with Gasteiger partial charge in [-0.3, -0.25) is 0 Å². The third-order valence-corrected chi connectivity index (χ3v) is 4.27. The Kier molecular flexibility index (Phi) is 3.09. The summed E-state index contributed by atoms with van der Waals surface area (Å²) in [5.41, 5.74) is 2.03. The zero-order valence-corrected chi connectivity index (χ0v) is 11.6. The van der Waals surface area contributed by atoms with Crippen molar-refractivity contribution in [3.05, 3.63) is 71.3 Å². The van der Waals surface area contributed by atoms with E-state index in [1.54, 1.807) is 0 Å². The van der Waals surface area contributed by atoms with Crippen molar-refractivity contribution in [3.63, 3.8) is 0 Å². The maximum Gasteiger partial charge on any atom is 0.123 e. The third-order valence-electron chi connectivity index (χ3n) is 4.27. The Morgan fingerprint density at radius 3 is 1.55 bits per heavy atom. The van der Waals surface area contributed by atoms with Crippen molar-refractivity contribution in [2.45, 2.75) is 17.9 Å². The number of halogens is 2. The first kappa shape index (κ1) is 13.3. The molecule has 1 saturated carbocycles. The van der Waals surface area contributed by atoms with Crippen molar-refractivity contribution >= 4 is 0 Å². The predicted octanol–water partition coefficient (Wildman–Crippen LogP) is 3.58. The SMILES string of the molecule is CN(C)C1CC1(c1ccc(F)cc1)c1ccc(F)cc1. The Morgan fingerprint density at radius 2 is 1.25 bits per heavy atom. The van der Waals surface area contributed by atoms with E-state index in [4.69, 9.17) is 0 Å². The van der Waals surface area contributed by atoms with Gasteiger partial charge in [0.1, 0.15) is 11.6 Å². The second kappa shape index (κ2) is 4.67. The second-order valence-electron chi connectivity index (χ2n) is 5.67. The Balaban J connectivity index is 2.07. The molecule has 0 bridgehead atoms. The molecule has 1 fully saturated rings. The molecular formula is C17H17F2N. The number of hydrogen-bond acceptors (Lipinski definition) is 1. The molecule has 3 heteroatoms. The van der Waals surface area contributed by atoms with E-state index in [-0.39, 0.29) is 17.0 Å². The van der Waals surface area contributed by atoms with Crippen LogP contribution in [0.4, 0.5) is 8.78 Å². The summed E-state index contributed by atoms with van der Waals surface area (Å²) in [6.07, 6.45) is 0.970. The normalized spacial score (nSPS) is 20.1. The van der Waals surface area contributed by atoms with Gasteiger partial charge in [-0.25, -0.2) is 8.78 Å². The van der Waals surface area contributed by atoms with Gasteiger partial charge in [0.2, 0.25) is 0 Å². The molecular weight excluding hydrogens is 256 g/mol. The van der Waals surface area contributed by atoms with Gasteiger partial charge in [-0.15, -0.1) is 0 Å². The van der Waals surface area contributed by atoms with Gasteiger partial charge in [-0.1, -0.05) is 24.3 Å². The van der Waals surface area contributed by atoms with E-state index in [1.165, 1.54) is 24.3 Å². The number of benzene rings is 2. The Morgan fingerprint density at radius 1 is 0.850 bits per heavy atom. The quantitative estimate of drug-likeness (QED) is 0.826. The molecule has 2 aromatic rings. The van der Waals surface area contributed by atoms with Crippen LogP contribution in [0.5, 0.6) is 0 Å². The summed E-state index contributed by atoms with van der Waals surface area (Å²) in [5, 5.41) is 0. The van der Waals surface area contributed by atoms with E-state index in [1.807, 2.05) is 38.4 Å². The molecule has 0 radical (unpaired) electrons. The molecule has 0 spiro atoms. The van der Waals surface area contributed by atoms with Crippen molar-refractivity contribution in [1.82, 2.24) is 4.90 Å². The third kappa shape index (κ3) is 2.02. The van der Waals surface area contributed by atoms with Gasteiger partial charge in [0.05, 0.1) is 0 Å². The van der Waals surface area contributed by atoms with Crippen LogP contribution in [0.1, 0.15) is 17.5 Å². The average molecular weight is 273 g/mol. The zero-order chi connectivity index (χ0) is 14.3. The molecule has 0 amide bonds. The molecule has 1 nitrogen and oxygen atoms in total. The lowest BCUT2D eigenvalue weighted by atomic mass is 9.87. The van der Waals surface area contributed by atoms with E-state index >= 15 is 0 Å². The minimum Gasteiger partial charge on any atom is -0.305 e. The molecule has 0 N–H and O–H groups in total. The van der Waals surface area contributed by atoms with Gasteiger partial charge in [0.15, 0.2) is 0 Å². The summed E-state index contributed by atoms with van der Waals surface area (Å²) in [5.74, 6) is -0.463. The van der Waals surface area contributed by atoms with Gasteiger partial charge < -0.3 is 4.90 Å². The molecule has 0 aliphatic heterocycles. The molecule has 1 atom stereocenters. The topological polar surface area (TPSA) is 3.24 Å². The minimum absolute atomic E-state index is 0.148. The molecule has 0 aromatic heterocycles. The van der Waals surface area contributed by atoms with E-state index < -0.39 is 0 Å². The first-order valence-corrected chi connectivity index (χ1v) is 6.72. The standard InChI is InChI=1S/C17H17F2N/c1-20(2)16-11-17(16,12-3-7-14(18)8-4-12)13-5-9-15(19)10-6-13/h3-10,16H,11H2,1-2H3. The average Bonchev–Trinajstić information content (AvgIpc) is 3.17. The molecule has 2 aromatic carbocycles. The molecule has 1 aliphatic rings. The van der Waals surface area contributed by atoms with Crippen LogP contribution in [0.2, 0.25) is 0 Å². The molecule has 20 heavy (non-hydrogen) atoms. The fraction of sp³-hybridized carbons (Fsp3) is 0.294. The number of rotatable bonds is 3. The Bertz CT molecular complexity index is 556. The number of likely N-dealkylation sites (N-methyl/N-ethyl adjacent to an activating group) is 1. The lowest BCUT2D eigenvalue weighted by Crippen LogP contribution is -2.25. The molecule has 104 valence electrons. The van der Waals surface area contributed by atoms with Crippen LogP contribution in [0.25, 0.3) is 0 Å². The summed E-state index contributed by atoms with van der Waals surface area (Å²) < 4.78 is 26.3. The fourth-order valence-electron chi connectivity index (χ4n) is 3.15. The van der Waals surface area contributed by atoms with E-state index in [9.17, 15) is 8.78 Å². The van der Waals surface area contributed by atoms with Crippen LogP contribution >= 0.6 is 0 Å². The zero-order valence-electron chi connectivity index (χ0n) is 11.6. The fourth-order valence-corrected chi connectivity index (χ4v) is 3.15. The van der Waals surface area contributed by atoms with Crippen LogP contribution in [-0.2, 0) is 5.41 Å². The second-order valence-corrected chi connectivity index (χ2v) is 5.67. The summed E-state index contributed by atoms with van der Waals surface area (Å²) in [6.45, 7) is 0. The van der Waals surface area contributed by atoms with Gasteiger partial charge >= 0.3 is 0 Å². The maximum absolute atomic E-state index is 13.1. The lowest BCUT2D eigenvalue weighted by molar-refractivity contribution is 0.374. The van der Waals surface area contributed by atoms with Crippen molar-refractivity contribution in [1.29, 1.82) is 0 Å². The van der Waals surface area contributed by atoms with Gasteiger partial charge in [-0.05, 0) is 55.9 Å². The largest absolute Gasteiger partial charge is 0.305 e. The van der Waals surface area contributed by atoms with E-state index in [0.29, 0.717) is 6.04 Å². The smallest absolute Gasteiger partial charge is 0.123 e. The van der Waals surface area contributed by atoms with Gasteiger partial charge in [0.25, 0.3) is 0 Å². The summed E-state index contributed by atoms with van der Waals surface area (Å²) in [6, 6.07) is 13.7. The highest BCUT2D eigenvalue weighted by molar-refractivity contribution is 5.49. The predicted molar refractivity (Wildman–Crippen MR) is 75.7 cm³/mol. The highest BCUT2D eigenvalue weighted by Crippen LogP contribution is 2.55. The van der Waals surface area contributed by atoms with Gasteiger partial charge in [0, 0.05) is 11.5 Å². The Labute approximate surface area is 117 Å². The van der Waals surface area contributed by atoms with Crippen molar-refractivity contribution in [2.75, 3.05) is 14.1 Å². The molecule has 1 aliphatic carbocycles. The lowest BCUT2D eigenvalue weighted by Gasteiger charge is -2.22. The summed E-state index contributed by atoms with van der Waals surface area (Å²) >= 11 is 0. The first-order valence-electron chi connectivity index (χ1n) is 6.72. The highest BCUT2D eigenvalue weighted by atomic mass is 19.1. The van der Waals surface area contributed by atoms with Crippen LogP contribution < -0.4 is 0 Å². The van der Waals surface area contributed by atoms with E-state index in [2.05, 4.69) is 4.90 Å². The number of nitrogens with zero attached hydrogens (tertiary/aromatic N) is 1. The highest BCUT2D eigenvalue weighted by Gasteiger charge is 2.57. The molecule has 0 saturated heterocycles. The van der Waals surface area contributed by atoms with Crippen molar-refractivity contribution in [3.8, 4) is 0 Å². The summed E-state index contributed by atoms with van der Waals surface area (Å²) in [4.78, 5) is 2.17. The number of hydrogen-bond donors (Lipinski definition) is 0. The van der Waals surface area contributed by atoms with Crippen molar-refractivity contribution < 1.29 is 8.78 Å². The van der Waals surface area contributed by atoms with Crippen LogP contribution in [-0.4, -0.2) is 25.0 Å². The molecule has 1 unspecified atom stereocenters. The monoisotopic (exact) mass is 273 g/mol.